The van der Waals surface area contributed by atoms with Crippen LogP contribution in [0.2, 0.25) is 0 Å². The van der Waals surface area contributed by atoms with Crippen molar-refractivity contribution in [2.75, 3.05) is 4.90 Å². The van der Waals surface area contributed by atoms with Crippen molar-refractivity contribution >= 4 is 86.1 Å². The maximum atomic E-state index is 11.9. The molecule has 72 heavy (non-hydrogen) atoms. The summed E-state index contributed by atoms with van der Waals surface area (Å²) < 4.78 is 5.92. The molecule has 342 valence electrons. The summed E-state index contributed by atoms with van der Waals surface area (Å²) in [6, 6.07) is 65.6. The molecule has 0 saturated heterocycles. The summed E-state index contributed by atoms with van der Waals surface area (Å²) in [4.78, 5) is 19.4. The second-order valence-electron chi connectivity index (χ2n) is 18.5. The van der Waals surface area contributed by atoms with Crippen molar-refractivity contribution < 1.29 is 0 Å². The van der Waals surface area contributed by atoms with Gasteiger partial charge in [0.05, 0.1) is 28.0 Å². The minimum atomic E-state index is 0.175. The molecule has 13 rings (SSSR count). The van der Waals surface area contributed by atoms with Crippen LogP contribution in [0.1, 0.15) is 35.8 Å². The number of rotatable bonds is 6. The monoisotopic (exact) mass is 960 g/mol. The molecule has 0 fully saturated rings. The van der Waals surface area contributed by atoms with Crippen LogP contribution >= 0.6 is 22.7 Å². The number of allylic oxidation sites excluding steroid dienone is 2. The SMILES string of the molecule is C=C1/C=C\C(C)C(C)c2sc3ccccc3c2C(=C)N1c1c(-c2nc(-c3ccccc3)nc(-c3ccccc3)n2)cc(C#N)c(-n2c3ccccc3c3ccc4sc5ccccc5c4c32)c1-c1ccccc1. The molecule has 4 aromatic heterocycles. The zero-order valence-electron chi connectivity index (χ0n) is 39.5. The molecular weight excluding hydrogens is 917 g/mol. The molecule has 2 atom stereocenters. The highest BCUT2D eigenvalue weighted by atomic mass is 32.1. The van der Waals surface area contributed by atoms with Gasteiger partial charge in [0.1, 0.15) is 6.07 Å². The van der Waals surface area contributed by atoms with Gasteiger partial charge < -0.3 is 9.47 Å². The van der Waals surface area contributed by atoms with Crippen LogP contribution in [0.5, 0.6) is 0 Å². The van der Waals surface area contributed by atoms with E-state index < -0.39 is 0 Å². The van der Waals surface area contributed by atoms with E-state index in [-0.39, 0.29) is 11.8 Å². The quantitative estimate of drug-likeness (QED) is 0.166. The third kappa shape index (κ3) is 6.85. The summed E-state index contributed by atoms with van der Waals surface area (Å²) in [5.41, 5.74) is 10.5. The Bertz CT molecular complexity index is 4190. The van der Waals surface area contributed by atoms with Crippen LogP contribution < -0.4 is 4.90 Å². The van der Waals surface area contributed by atoms with Gasteiger partial charge in [0.2, 0.25) is 0 Å². The normalized spacial score (nSPS) is 15.5. The molecule has 0 saturated carbocycles. The van der Waals surface area contributed by atoms with Gasteiger partial charge in [0.15, 0.2) is 17.5 Å². The maximum absolute atomic E-state index is 11.9. The van der Waals surface area contributed by atoms with Crippen molar-refractivity contribution in [2.24, 2.45) is 5.92 Å². The molecular formula is C64H44N6S2. The fourth-order valence-electron chi connectivity index (χ4n) is 10.7. The van der Waals surface area contributed by atoms with Gasteiger partial charge in [-0.2, -0.15) is 5.26 Å². The topological polar surface area (TPSA) is 70.6 Å². The molecule has 0 radical (unpaired) electrons. The maximum Gasteiger partial charge on any atom is 0.166 e. The number of hydrogen-bond acceptors (Lipinski definition) is 7. The second-order valence-corrected chi connectivity index (χ2v) is 20.6. The molecule has 12 aromatic rings. The fourth-order valence-corrected chi connectivity index (χ4v) is 13.2. The zero-order valence-corrected chi connectivity index (χ0v) is 41.2. The second kappa shape index (κ2) is 17.3. The van der Waals surface area contributed by atoms with Gasteiger partial charge in [-0.05, 0) is 53.8 Å². The average Bonchev–Trinajstić information content (AvgIpc) is 4.12. The Labute approximate surface area is 425 Å². The Kier molecular flexibility index (Phi) is 10.4. The van der Waals surface area contributed by atoms with E-state index in [0.29, 0.717) is 34.3 Å². The number of anilines is 1. The smallest absolute Gasteiger partial charge is 0.166 e. The minimum Gasteiger partial charge on any atom is -0.310 e. The van der Waals surface area contributed by atoms with E-state index in [4.69, 9.17) is 28.1 Å². The molecule has 0 aliphatic carbocycles. The minimum absolute atomic E-state index is 0.175. The van der Waals surface area contributed by atoms with Gasteiger partial charge in [-0.25, -0.2) is 15.0 Å². The predicted octanol–water partition coefficient (Wildman–Crippen LogP) is 17.4. The van der Waals surface area contributed by atoms with Crippen molar-refractivity contribution in [1.29, 1.82) is 5.26 Å². The van der Waals surface area contributed by atoms with Crippen LogP contribution in [0.3, 0.4) is 0 Å². The van der Waals surface area contributed by atoms with E-state index in [2.05, 4.69) is 151 Å². The zero-order chi connectivity index (χ0) is 48.6. The number of thiophene rings is 2. The standard InChI is InChI=1S/C64H44N6S2/c1-38-32-33-39(2)69(41(4)55-48-27-15-19-31-53(48)72-61(55)40(38)3)60-50(64-67-62(43-22-10-6-11-23-43)66-63(68-64)44-24-12-7-13-25-44)36-45(37-65)58(56(60)42-20-8-5-9-21-42)70-51-29-17-14-26-46(51)47-34-35-54-57(59(47)70)49-28-16-18-30-52(49)71-54/h5-36,38,40H,2,4H2,1,3H3/b33-32-. The highest BCUT2D eigenvalue weighted by Crippen LogP contribution is 2.53. The number of para-hydroxylation sites is 1. The molecule has 6 nitrogen and oxygen atoms in total. The molecule has 0 N–H and O–H groups in total. The van der Waals surface area contributed by atoms with E-state index in [9.17, 15) is 5.26 Å². The fraction of sp³-hybridized carbons (Fsp3) is 0.0625. The summed E-state index contributed by atoms with van der Waals surface area (Å²) in [6.07, 6.45) is 4.41. The number of nitrogens with zero attached hydrogens (tertiary/aromatic N) is 6. The Morgan fingerprint density at radius 2 is 1.11 bits per heavy atom. The number of aromatic nitrogens is 4. The van der Waals surface area contributed by atoms with Crippen molar-refractivity contribution in [3.8, 4) is 57.0 Å². The van der Waals surface area contributed by atoms with Crippen LogP contribution in [0.25, 0.3) is 109 Å². The summed E-state index contributed by atoms with van der Waals surface area (Å²) in [5, 5.41) is 17.6. The van der Waals surface area contributed by atoms with Crippen molar-refractivity contribution in [1.82, 2.24) is 19.5 Å². The summed E-state index contributed by atoms with van der Waals surface area (Å²) in [7, 11) is 0. The molecule has 0 spiro atoms. The summed E-state index contributed by atoms with van der Waals surface area (Å²) in [5.74, 6) is 1.79. The van der Waals surface area contributed by atoms with Crippen LogP contribution in [-0.2, 0) is 0 Å². The van der Waals surface area contributed by atoms with Crippen LogP contribution in [0.4, 0.5) is 5.69 Å². The van der Waals surface area contributed by atoms with Gasteiger partial charge in [-0.15, -0.1) is 22.7 Å². The average molecular weight is 961 g/mol. The highest BCUT2D eigenvalue weighted by molar-refractivity contribution is 7.26. The van der Waals surface area contributed by atoms with Crippen molar-refractivity contribution in [2.45, 2.75) is 19.8 Å². The lowest BCUT2D eigenvalue weighted by Crippen LogP contribution is -2.22. The predicted molar refractivity (Wildman–Crippen MR) is 303 cm³/mol. The van der Waals surface area contributed by atoms with Gasteiger partial charge in [0.25, 0.3) is 0 Å². The number of fused-ring (bicyclic) bond motifs is 10. The van der Waals surface area contributed by atoms with Gasteiger partial charge in [0, 0.05) is 85.1 Å². The van der Waals surface area contributed by atoms with Crippen LogP contribution in [-0.4, -0.2) is 19.5 Å². The van der Waals surface area contributed by atoms with Crippen molar-refractivity contribution in [3.63, 3.8) is 0 Å². The lowest BCUT2D eigenvalue weighted by atomic mass is 9.90. The number of benzene rings is 8. The third-order valence-electron chi connectivity index (χ3n) is 14.3. The lowest BCUT2D eigenvalue weighted by Gasteiger charge is -2.33. The van der Waals surface area contributed by atoms with Gasteiger partial charge in [-0.1, -0.05) is 185 Å². The Balaban J connectivity index is 1.25. The van der Waals surface area contributed by atoms with E-state index >= 15 is 0 Å². The first-order valence-electron chi connectivity index (χ1n) is 24.1. The van der Waals surface area contributed by atoms with E-state index in [1.54, 1.807) is 11.3 Å². The van der Waals surface area contributed by atoms with Gasteiger partial charge in [-0.3, -0.25) is 0 Å². The molecule has 2 unspecified atom stereocenters. The summed E-state index contributed by atoms with van der Waals surface area (Å²) >= 11 is 3.62. The first kappa shape index (κ1) is 43.3. The number of nitriles is 1. The Morgan fingerprint density at radius 3 is 1.78 bits per heavy atom. The molecule has 8 aromatic carbocycles. The molecule has 0 amide bonds. The Hall–Kier alpha value is -8.74. The summed E-state index contributed by atoms with van der Waals surface area (Å²) in [6.45, 7) is 14.6. The van der Waals surface area contributed by atoms with Crippen LogP contribution in [0, 0.1) is 17.2 Å². The van der Waals surface area contributed by atoms with Crippen LogP contribution in [0.15, 0.2) is 213 Å². The van der Waals surface area contributed by atoms with E-state index in [1.807, 2.05) is 84.1 Å². The lowest BCUT2D eigenvalue weighted by molar-refractivity contribution is 0.600. The molecule has 8 heteroatoms. The molecule has 0 bridgehead atoms. The Morgan fingerprint density at radius 1 is 0.542 bits per heavy atom. The first-order chi connectivity index (χ1) is 35.4. The number of hydrogen-bond donors (Lipinski definition) is 0. The third-order valence-corrected chi connectivity index (χ3v) is 16.8. The molecule has 1 aliphatic rings. The highest BCUT2D eigenvalue weighted by Gasteiger charge is 2.35. The largest absolute Gasteiger partial charge is 0.310 e. The van der Waals surface area contributed by atoms with Gasteiger partial charge >= 0.3 is 0 Å². The van der Waals surface area contributed by atoms with Crippen molar-refractivity contribution in [3.05, 3.63) is 229 Å². The van der Waals surface area contributed by atoms with E-state index in [0.717, 1.165) is 77.5 Å². The molecule has 5 heterocycles. The molecule has 1 aliphatic heterocycles. The first-order valence-corrected chi connectivity index (χ1v) is 25.7. The van der Waals surface area contributed by atoms with E-state index in [1.165, 1.54) is 24.4 Å².